The molecule has 1 spiro atoms. The average Bonchev–Trinajstić information content (AvgIpc) is 3.96. The number of hydrogen-bond acceptors (Lipinski definition) is 11. The Labute approximate surface area is 308 Å². The van der Waals surface area contributed by atoms with Crippen molar-refractivity contribution in [1.82, 2.24) is 30.4 Å². The Bertz CT molecular complexity index is 1980. The SMILES string of the molecule is CCNc1nnc(-c2ccc(C3=CCN(C(=O)CN4CC[C@]5(CCN(c6ccc7c(c6)C(c6ccc(OC(C)C)nc6)NN7)C5=O)C4)CC3)cc2)s1. The number of aromatic nitrogens is 3. The standard InChI is InChI=1S/C39H45N9O3S/c1-4-40-38-45-44-36(52-38)28-7-5-26(6-8-28)27-13-17-47(18-14-27)34(49)23-46-19-15-39(24-46)16-20-48(37(39)50)30-10-11-32-31(21-30)35(43-42-32)29-9-12-33(41-22-29)51-25(2)3/h5-13,21-22,25,35,42-43H,4,14-20,23-24H2,1-3H3,(H,40,45)/t35?,39-/m0/s1. The number of benzene rings is 2. The molecule has 3 N–H and O–H groups in total. The van der Waals surface area contributed by atoms with Crippen molar-refractivity contribution in [2.75, 3.05) is 61.5 Å². The number of anilines is 3. The van der Waals surface area contributed by atoms with Gasteiger partial charge in [0.15, 0.2) is 0 Å². The summed E-state index contributed by atoms with van der Waals surface area (Å²) in [5, 5.41) is 13.4. The van der Waals surface area contributed by atoms with E-state index in [1.54, 1.807) is 11.3 Å². The van der Waals surface area contributed by atoms with E-state index in [9.17, 15) is 9.59 Å². The molecule has 2 atom stereocenters. The maximum Gasteiger partial charge on any atom is 0.237 e. The van der Waals surface area contributed by atoms with Gasteiger partial charge in [0, 0.05) is 61.8 Å². The lowest BCUT2D eigenvalue weighted by molar-refractivity contribution is -0.132. The zero-order valence-electron chi connectivity index (χ0n) is 29.9. The highest BCUT2D eigenvalue weighted by molar-refractivity contribution is 7.18. The number of fused-ring (bicyclic) bond motifs is 1. The normalized spacial score (nSPS) is 21.5. The summed E-state index contributed by atoms with van der Waals surface area (Å²) >= 11 is 1.55. The number of ether oxygens (including phenoxy) is 1. The highest BCUT2D eigenvalue weighted by atomic mass is 32.1. The van der Waals surface area contributed by atoms with Gasteiger partial charge in [-0.1, -0.05) is 47.7 Å². The summed E-state index contributed by atoms with van der Waals surface area (Å²) in [5.41, 5.74) is 13.7. The highest BCUT2D eigenvalue weighted by Gasteiger charge is 2.51. The van der Waals surface area contributed by atoms with Crippen LogP contribution >= 0.6 is 11.3 Å². The second-order valence-electron chi connectivity index (χ2n) is 14.4. The first-order valence-corrected chi connectivity index (χ1v) is 19.1. The van der Waals surface area contributed by atoms with Crippen LogP contribution in [0.1, 0.15) is 62.8 Å². The van der Waals surface area contributed by atoms with E-state index in [1.165, 1.54) is 11.1 Å². The molecule has 0 aliphatic carbocycles. The van der Waals surface area contributed by atoms with Gasteiger partial charge >= 0.3 is 0 Å². The quantitative estimate of drug-likeness (QED) is 0.191. The van der Waals surface area contributed by atoms with E-state index in [0.717, 1.165) is 70.6 Å². The molecule has 12 nitrogen and oxygen atoms in total. The molecule has 8 rings (SSSR count). The summed E-state index contributed by atoms with van der Waals surface area (Å²) in [4.78, 5) is 38.1. The van der Waals surface area contributed by atoms with Crippen LogP contribution in [-0.2, 0) is 9.59 Å². The molecule has 2 aromatic heterocycles. The lowest BCUT2D eigenvalue weighted by Gasteiger charge is -2.29. The van der Waals surface area contributed by atoms with Crippen LogP contribution in [0.25, 0.3) is 16.1 Å². The largest absolute Gasteiger partial charge is 0.475 e. The predicted molar refractivity (Wildman–Crippen MR) is 204 cm³/mol. The molecule has 4 aromatic rings. The Kier molecular flexibility index (Phi) is 9.41. The van der Waals surface area contributed by atoms with Crippen molar-refractivity contribution < 1.29 is 14.3 Å². The minimum absolute atomic E-state index is 0.0593. The highest BCUT2D eigenvalue weighted by Crippen LogP contribution is 2.44. The molecule has 0 radical (unpaired) electrons. The lowest BCUT2D eigenvalue weighted by atomic mass is 9.85. The van der Waals surface area contributed by atoms with Crippen molar-refractivity contribution in [3.8, 4) is 16.5 Å². The van der Waals surface area contributed by atoms with Gasteiger partial charge in [0.2, 0.25) is 22.8 Å². The maximum absolute atomic E-state index is 14.1. The van der Waals surface area contributed by atoms with Gasteiger partial charge in [-0.15, -0.1) is 10.2 Å². The Morgan fingerprint density at radius 1 is 1.06 bits per heavy atom. The molecule has 2 saturated heterocycles. The molecular weight excluding hydrogens is 675 g/mol. The molecule has 2 aromatic carbocycles. The van der Waals surface area contributed by atoms with E-state index in [4.69, 9.17) is 4.74 Å². The molecule has 1 unspecified atom stereocenters. The molecular formula is C39H45N9O3S. The van der Waals surface area contributed by atoms with Crippen molar-refractivity contribution in [3.63, 3.8) is 0 Å². The van der Waals surface area contributed by atoms with Gasteiger partial charge in [-0.05, 0) is 81.5 Å². The molecule has 52 heavy (non-hydrogen) atoms. The van der Waals surface area contributed by atoms with Crippen LogP contribution in [0.2, 0.25) is 0 Å². The monoisotopic (exact) mass is 719 g/mol. The van der Waals surface area contributed by atoms with Gasteiger partial charge in [-0.3, -0.25) is 14.5 Å². The summed E-state index contributed by atoms with van der Waals surface area (Å²) < 4.78 is 5.72. The molecule has 2 fully saturated rings. The fourth-order valence-corrected chi connectivity index (χ4v) is 8.63. The molecule has 4 aliphatic heterocycles. The van der Waals surface area contributed by atoms with Crippen molar-refractivity contribution in [1.29, 1.82) is 0 Å². The first-order chi connectivity index (χ1) is 25.3. The van der Waals surface area contributed by atoms with Gasteiger partial charge in [0.05, 0.1) is 29.8 Å². The lowest BCUT2D eigenvalue weighted by Crippen LogP contribution is -2.43. The average molecular weight is 720 g/mol. The second-order valence-corrected chi connectivity index (χ2v) is 15.3. The van der Waals surface area contributed by atoms with E-state index < -0.39 is 5.41 Å². The molecule has 2 amide bonds. The third kappa shape index (κ3) is 6.75. The minimum atomic E-state index is -0.449. The Morgan fingerprint density at radius 3 is 2.63 bits per heavy atom. The number of hydrazine groups is 1. The summed E-state index contributed by atoms with van der Waals surface area (Å²) in [7, 11) is 0. The van der Waals surface area contributed by atoms with Gasteiger partial charge in [-0.25, -0.2) is 10.4 Å². The fraction of sp³-hybridized carbons (Fsp3) is 0.410. The number of carbonyl (C=O) groups is 2. The number of hydrogen-bond donors (Lipinski definition) is 3. The van der Waals surface area contributed by atoms with Gasteiger partial charge in [0.1, 0.15) is 5.01 Å². The summed E-state index contributed by atoms with van der Waals surface area (Å²) in [6, 6.07) is 18.4. The van der Waals surface area contributed by atoms with E-state index in [2.05, 4.69) is 72.7 Å². The molecule has 13 heteroatoms. The van der Waals surface area contributed by atoms with E-state index >= 15 is 0 Å². The van der Waals surface area contributed by atoms with Gasteiger partial charge < -0.3 is 25.3 Å². The third-order valence-corrected chi connectivity index (χ3v) is 11.5. The fourth-order valence-electron chi connectivity index (χ4n) is 7.81. The van der Waals surface area contributed by atoms with Crippen LogP contribution in [0.5, 0.6) is 5.88 Å². The zero-order chi connectivity index (χ0) is 35.8. The van der Waals surface area contributed by atoms with Gasteiger partial charge in [-0.2, -0.15) is 0 Å². The predicted octanol–water partition coefficient (Wildman–Crippen LogP) is 5.58. The molecule has 6 heterocycles. The zero-order valence-corrected chi connectivity index (χ0v) is 30.7. The maximum atomic E-state index is 14.1. The Morgan fingerprint density at radius 2 is 1.88 bits per heavy atom. The number of pyridine rings is 1. The molecule has 0 bridgehead atoms. The van der Waals surface area contributed by atoms with Crippen LogP contribution in [-0.4, -0.2) is 88.7 Å². The van der Waals surface area contributed by atoms with Crippen molar-refractivity contribution in [2.45, 2.75) is 52.2 Å². The summed E-state index contributed by atoms with van der Waals surface area (Å²) in [5.74, 6) is 0.889. The first-order valence-electron chi connectivity index (χ1n) is 18.3. The van der Waals surface area contributed by atoms with Crippen LogP contribution in [0.4, 0.5) is 16.5 Å². The van der Waals surface area contributed by atoms with Crippen molar-refractivity contribution in [3.05, 3.63) is 83.6 Å². The van der Waals surface area contributed by atoms with Crippen LogP contribution in [0.3, 0.4) is 0 Å². The smallest absolute Gasteiger partial charge is 0.237 e. The summed E-state index contributed by atoms with van der Waals surface area (Å²) in [6.45, 7) is 10.5. The van der Waals surface area contributed by atoms with Gasteiger partial charge in [0.25, 0.3) is 0 Å². The van der Waals surface area contributed by atoms with Crippen molar-refractivity contribution >= 4 is 45.2 Å². The number of likely N-dealkylation sites (tertiary alicyclic amines) is 1. The number of nitrogens with zero attached hydrogens (tertiary/aromatic N) is 6. The van der Waals surface area contributed by atoms with E-state index in [0.29, 0.717) is 38.6 Å². The number of rotatable bonds is 10. The number of amides is 2. The summed E-state index contributed by atoms with van der Waals surface area (Å²) in [6.07, 6.45) is 6.45. The minimum Gasteiger partial charge on any atom is -0.475 e. The van der Waals surface area contributed by atoms with Crippen LogP contribution in [0.15, 0.2) is 66.9 Å². The van der Waals surface area contributed by atoms with E-state index in [1.807, 2.05) is 61.0 Å². The van der Waals surface area contributed by atoms with Crippen LogP contribution in [0, 0.1) is 5.41 Å². The number of carbonyl (C=O) groups excluding carboxylic acids is 2. The first kappa shape index (κ1) is 34.2. The van der Waals surface area contributed by atoms with Crippen LogP contribution < -0.4 is 25.8 Å². The molecule has 0 saturated carbocycles. The third-order valence-electron chi connectivity index (χ3n) is 10.6. The Balaban J connectivity index is 0.862. The molecule has 4 aliphatic rings. The molecule has 270 valence electrons. The van der Waals surface area contributed by atoms with Crippen molar-refractivity contribution in [2.24, 2.45) is 5.41 Å². The Hall–Kier alpha value is -4.85. The number of nitrogens with one attached hydrogen (secondary N) is 3. The second kappa shape index (κ2) is 14.3. The topological polar surface area (TPSA) is 128 Å². The van der Waals surface area contributed by atoms with E-state index in [-0.39, 0.29) is 24.0 Å².